The van der Waals surface area contributed by atoms with E-state index in [1.54, 1.807) is 44.6 Å². The number of benzene rings is 2. The Morgan fingerprint density at radius 2 is 1.54 bits per heavy atom. The Bertz CT molecular complexity index is 770. The zero-order valence-corrected chi connectivity index (χ0v) is 15.0. The lowest BCUT2D eigenvalue weighted by atomic mass is 10.1. The Morgan fingerprint density at radius 3 is 2.12 bits per heavy atom. The summed E-state index contributed by atoms with van der Waals surface area (Å²) in [6, 6.07) is 12.3. The number of hydrogen-bond acceptors (Lipinski definition) is 4. The Kier molecular flexibility index (Phi) is 6.23. The first-order chi connectivity index (χ1) is 11.5. The Morgan fingerprint density at radius 1 is 0.917 bits per heavy atom. The van der Waals surface area contributed by atoms with Gasteiger partial charge in [0, 0.05) is 6.54 Å². The third kappa shape index (κ3) is 4.49. The maximum atomic E-state index is 12.4. The number of nitrogens with one attached hydrogen (secondary N) is 1. The molecular weight excluding hydrogens is 326 g/mol. The third-order valence-electron chi connectivity index (χ3n) is 3.69. The highest BCUT2D eigenvalue weighted by Gasteiger charge is 2.14. The first-order valence-electron chi connectivity index (χ1n) is 7.79. The number of ether oxygens (including phenoxy) is 2. The predicted octanol–water partition coefficient (Wildman–Crippen LogP) is 3.13. The minimum absolute atomic E-state index is 0.180. The van der Waals surface area contributed by atoms with Gasteiger partial charge in [-0.05, 0) is 41.8 Å². The Hall–Kier alpha value is -2.05. The Labute approximate surface area is 143 Å². The summed E-state index contributed by atoms with van der Waals surface area (Å²) in [7, 11) is -0.444. The zero-order valence-electron chi connectivity index (χ0n) is 14.2. The van der Waals surface area contributed by atoms with Crippen molar-refractivity contribution in [1.82, 2.24) is 4.72 Å². The average molecular weight is 349 g/mol. The van der Waals surface area contributed by atoms with Crippen molar-refractivity contribution in [2.75, 3.05) is 14.2 Å². The SMILES string of the molecule is CCCc1ccc(S(=O)(=O)NCc2ccc(OC)c(OC)c2)cc1. The monoisotopic (exact) mass is 349 g/mol. The minimum Gasteiger partial charge on any atom is -0.493 e. The summed E-state index contributed by atoms with van der Waals surface area (Å²) in [5.41, 5.74) is 1.93. The summed E-state index contributed by atoms with van der Waals surface area (Å²) < 4.78 is 37.8. The van der Waals surface area contributed by atoms with Crippen molar-refractivity contribution in [3.63, 3.8) is 0 Å². The lowest BCUT2D eigenvalue weighted by molar-refractivity contribution is 0.354. The smallest absolute Gasteiger partial charge is 0.240 e. The highest BCUT2D eigenvalue weighted by atomic mass is 32.2. The molecule has 0 aromatic heterocycles. The molecular formula is C18H23NO4S. The van der Waals surface area contributed by atoms with Crippen LogP contribution < -0.4 is 14.2 Å². The molecule has 0 aliphatic carbocycles. The van der Waals surface area contributed by atoms with Gasteiger partial charge in [-0.25, -0.2) is 13.1 Å². The lowest BCUT2D eigenvalue weighted by Crippen LogP contribution is -2.23. The lowest BCUT2D eigenvalue weighted by Gasteiger charge is -2.11. The van der Waals surface area contributed by atoms with Gasteiger partial charge >= 0.3 is 0 Å². The Balaban J connectivity index is 2.09. The average Bonchev–Trinajstić information content (AvgIpc) is 2.60. The van der Waals surface area contributed by atoms with Gasteiger partial charge in [0.25, 0.3) is 0 Å². The number of rotatable bonds is 8. The second kappa shape index (κ2) is 8.17. The molecule has 0 aliphatic heterocycles. The van der Waals surface area contributed by atoms with E-state index in [1.807, 2.05) is 12.1 Å². The number of methoxy groups -OCH3 is 2. The fourth-order valence-electron chi connectivity index (χ4n) is 2.38. The van der Waals surface area contributed by atoms with E-state index in [4.69, 9.17) is 9.47 Å². The van der Waals surface area contributed by atoms with Crippen molar-refractivity contribution in [1.29, 1.82) is 0 Å². The van der Waals surface area contributed by atoms with Crippen LogP contribution in [-0.2, 0) is 23.0 Å². The summed E-state index contributed by atoms with van der Waals surface area (Å²) in [6.07, 6.45) is 1.98. The molecule has 1 N–H and O–H groups in total. The van der Waals surface area contributed by atoms with E-state index in [2.05, 4.69) is 11.6 Å². The van der Waals surface area contributed by atoms with Gasteiger partial charge in [0.2, 0.25) is 10.0 Å². The van der Waals surface area contributed by atoms with E-state index < -0.39 is 10.0 Å². The fourth-order valence-corrected chi connectivity index (χ4v) is 3.39. The quantitative estimate of drug-likeness (QED) is 0.795. The van der Waals surface area contributed by atoms with Gasteiger partial charge in [0.1, 0.15) is 0 Å². The van der Waals surface area contributed by atoms with Crippen LogP contribution >= 0.6 is 0 Å². The van der Waals surface area contributed by atoms with Crippen LogP contribution in [0.1, 0.15) is 24.5 Å². The van der Waals surface area contributed by atoms with Gasteiger partial charge in [0.15, 0.2) is 11.5 Å². The van der Waals surface area contributed by atoms with Crippen LogP contribution in [0.5, 0.6) is 11.5 Å². The van der Waals surface area contributed by atoms with Crippen molar-refractivity contribution < 1.29 is 17.9 Å². The molecule has 2 rings (SSSR count). The molecule has 24 heavy (non-hydrogen) atoms. The molecule has 0 heterocycles. The molecule has 0 saturated carbocycles. The normalized spacial score (nSPS) is 11.3. The molecule has 130 valence electrons. The molecule has 0 amide bonds. The van der Waals surface area contributed by atoms with Gasteiger partial charge in [0.05, 0.1) is 19.1 Å². The summed E-state index contributed by atoms with van der Waals surface area (Å²) in [4.78, 5) is 0.267. The van der Waals surface area contributed by atoms with Crippen LogP contribution in [0.4, 0.5) is 0 Å². The topological polar surface area (TPSA) is 64.6 Å². The first-order valence-corrected chi connectivity index (χ1v) is 9.28. The predicted molar refractivity (Wildman–Crippen MR) is 94.0 cm³/mol. The molecule has 5 nitrogen and oxygen atoms in total. The minimum atomic E-state index is -3.55. The van der Waals surface area contributed by atoms with Crippen LogP contribution in [0, 0.1) is 0 Å². The van der Waals surface area contributed by atoms with Gasteiger partial charge < -0.3 is 9.47 Å². The molecule has 0 bridgehead atoms. The highest BCUT2D eigenvalue weighted by Crippen LogP contribution is 2.27. The van der Waals surface area contributed by atoms with Crippen LogP contribution in [0.25, 0.3) is 0 Å². The standard InChI is InChI=1S/C18H23NO4S/c1-4-5-14-6-9-16(10-7-14)24(20,21)19-13-15-8-11-17(22-2)18(12-15)23-3/h6-12,19H,4-5,13H2,1-3H3. The van der Waals surface area contributed by atoms with E-state index in [1.165, 1.54) is 0 Å². The van der Waals surface area contributed by atoms with Gasteiger partial charge in [-0.1, -0.05) is 31.5 Å². The molecule has 6 heteroatoms. The molecule has 0 atom stereocenters. The zero-order chi connectivity index (χ0) is 17.6. The van der Waals surface area contributed by atoms with Crippen molar-refractivity contribution in [3.05, 3.63) is 53.6 Å². The molecule has 2 aromatic carbocycles. The molecule has 2 aromatic rings. The molecule has 0 aliphatic rings. The highest BCUT2D eigenvalue weighted by molar-refractivity contribution is 7.89. The van der Waals surface area contributed by atoms with E-state index in [-0.39, 0.29) is 11.4 Å². The first kappa shape index (κ1) is 18.3. The van der Waals surface area contributed by atoms with Crippen LogP contribution in [0.15, 0.2) is 47.4 Å². The molecule has 0 spiro atoms. The van der Waals surface area contributed by atoms with Crippen molar-refractivity contribution in [2.24, 2.45) is 0 Å². The second-order valence-corrected chi connectivity index (χ2v) is 7.17. The van der Waals surface area contributed by atoms with E-state index in [0.29, 0.717) is 11.5 Å². The largest absolute Gasteiger partial charge is 0.493 e. The van der Waals surface area contributed by atoms with Crippen molar-refractivity contribution in [2.45, 2.75) is 31.2 Å². The van der Waals surface area contributed by atoms with E-state index in [9.17, 15) is 8.42 Å². The van der Waals surface area contributed by atoms with Crippen molar-refractivity contribution >= 4 is 10.0 Å². The molecule has 0 radical (unpaired) electrons. The summed E-state index contributed by atoms with van der Waals surface area (Å²) >= 11 is 0. The van der Waals surface area contributed by atoms with Gasteiger partial charge in [-0.2, -0.15) is 0 Å². The molecule has 0 fully saturated rings. The molecule has 0 saturated heterocycles. The van der Waals surface area contributed by atoms with Gasteiger partial charge in [-0.3, -0.25) is 0 Å². The number of sulfonamides is 1. The summed E-state index contributed by atoms with van der Waals surface area (Å²) in [5.74, 6) is 1.17. The third-order valence-corrected chi connectivity index (χ3v) is 5.10. The van der Waals surface area contributed by atoms with E-state index in [0.717, 1.165) is 24.0 Å². The number of aryl methyl sites for hydroxylation is 1. The summed E-state index contributed by atoms with van der Waals surface area (Å²) in [5, 5.41) is 0. The number of hydrogen-bond donors (Lipinski definition) is 1. The summed E-state index contributed by atoms with van der Waals surface area (Å²) in [6.45, 7) is 2.27. The van der Waals surface area contributed by atoms with Crippen LogP contribution in [-0.4, -0.2) is 22.6 Å². The van der Waals surface area contributed by atoms with Crippen molar-refractivity contribution in [3.8, 4) is 11.5 Å². The van der Waals surface area contributed by atoms with Crippen LogP contribution in [0.3, 0.4) is 0 Å². The second-order valence-electron chi connectivity index (χ2n) is 5.41. The van der Waals surface area contributed by atoms with Crippen LogP contribution in [0.2, 0.25) is 0 Å². The maximum absolute atomic E-state index is 12.4. The molecule has 0 unspecified atom stereocenters. The van der Waals surface area contributed by atoms with E-state index >= 15 is 0 Å². The maximum Gasteiger partial charge on any atom is 0.240 e. The fraction of sp³-hybridized carbons (Fsp3) is 0.333. The van der Waals surface area contributed by atoms with Gasteiger partial charge in [-0.15, -0.1) is 0 Å².